The number of carbonyl (C=O) groups is 1. The van der Waals surface area contributed by atoms with E-state index in [1.54, 1.807) is 23.2 Å². The summed E-state index contributed by atoms with van der Waals surface area (Å²) in [7, 11) is 0. The standard InChI is InChI=1S/C19H21N5O4/c1-11(2)15-9-14(22-27-15)19(26)24-7-5-12(6-8-24)17-21-18(28-23-17)13-3-4-16(25)20-10-13/h3-4,9-12H,5-8H2,1-2H3,(H,20,25). The summed E-state index contributed by atoms with van der Waals surface area (Å²) >= 11 is 0. The summed E-state index contributed by atoms with van der Waals surface area (Å²) in [4.78, 5) is 32.6. The van der Waals surface area contributed by atoms with Crippen molar-refractivity contribution in [3.05, 3.63) is 52.0 Å². The first-order chi connectivity index (χ1) is 13.5. The molecule has 0 unspecified atom stereocenters. The second kappa shape index (κ2) is 7.41. The zero-order valence-electron chi connectivity index (χ0n) is 15.7. The molecule has 1 aliphatic heterocycles. The zero-order valence-corrected chi connectivity index (χ0v) is 15.7. The van der Waals surface area contributed by atoms with Gasteiger partial charge in [0.25, 0.3) is 11.8 Å². The topological polar surface area (TPSA) is 118 Å². The van der Waals surface area contributed by atoms with Crippen LogP contribution in [0.3, 0.4) is 0 Å². The Bertz CT molecular complexity index is 1010. The van der Waals surface area contributed by atoms with Crippen LogP contribution in [-0.2, 0) is 0 Å². The van der Waals surface area contributed by atoms with Crippen LogP contribution in [0.5, 0.6) is 0 Å². The molecule has 0 aromatic carbocycles. The van der Waals surface area contributed by atoms with Crippen molar-refractivity contribution in [1.29, 1.82) is 0 Å². The smallest absolute Gasteiger partial charge is 0.276 e. The zero-order chi connectivity index (χ0) is 19.7. The summed E-state index contributed by atoms with van der Waals surface area (Å²) in [5, 5.41) is 7.98. The normalized spacial score (nSPS) is 15.3. The van der Waals surface area contributed by atoms with E-state index < -0.39 is 0 Å². The minimum absolute atomic E-state index is 0.115. The molecule has 1 amide bonds. The highest BCUT2D eigenvalue weighted by atomic mass is 16.5. The van der Waals surface area contributed by atoms with Crippen LogP contribution in [0.1, 0.15) is 60.6 Å². The molecule has 0 radical (unpaired) electrons. The van der Waals surface area contributed by atoms with E-state index in [1.165, 1.54) is 6.07 Å². The van der Waals surface area contributed by atoms with Gasteiger partial charge in [0.1, 0.15) is 5.76 Å². The molecular weight excluding hydrogens is 362 g/mol. The Balaban J connectivity index is 1.39. The number of nitrogens with zero attached hydrogens (tertiary/aromatic N) is 4. The number of aromatic nitrogens is 4. The third-order valence-corrected chi connectivity index (χ3v) is 4.94. The molecule has 4 rings (SSSR count). The number of rotatable bonds is 4. The minimum atomic E-state index is -0.187. The van der Waals surface area contributed by atoms with Gasteiger partial charge in [-0.1, -0.05) is 24.2 Å². The van der Waals surface area contributed by atoms with Crippen LogP contribution in [0.25, 0.3) is 11.5 Å². The summed E-state index contributed by atoms with van der Waals surface area (Å²) < 4.78 is 10.6. The molecule has 3 aromatic rings. The number of aromatic amines is 1. The number of likely N-dealkylation sites (tertiary alicyclic amines) is 1. The van der Waals surface area contributed by atoms with Crippen molar-refractivity contribution < 1.29 is 13.8 Å². The van der Waals surface area contributed by atoms with Crippen molar-refractivity contribution in [3.8, 4) is 11.5 Å². The Labute approximate surface area is 160 Å². The molecule has 9 heteroatoms. The molecule has 0 spiro atoms. The maximum atomic E-state index is 12.6. The molecule has 146 valence electrons. The van der Waals surface area contributed by atoms with E-state index in [9.17, 15) is 9.59 Å². The van der Waals surface area contributed by atoms with Crippen LogP contribution >= 0.6 is 0 Å². The first-order valence-corrected chi connectivity index (χ1v) is 9.30. The van der Waals surface area contributed by atoms with Crippen molar-refractivity contribution in [2.24, 2.45) is 0 Å². The van der Waals surface area contributed by atoms with Gasteiger partial charge in [0.2, 0.25) is 5.56 Å². The Kier molecular flexibility index (Phi) is 4.81. The fraction of sp³-hybridized carbons (Fsp3) is 0.421. The van der Waals surface area contributed by atoms with E-state index in [0.29, 0.717) is 41.8 Å². The van der Waals surface area contributed by atoms with Gasteiger partial charge < -0.3 is 18.9 Å². The van der Waals surface area contributed by atoms with Gasteiger partial charge in [-0.15, -0.1) is 0 Å². The first kappa shape index (κ1) is 18.1. The second-order valence-corrected chi connectivity index (χ2v) is 7.24. The van der Waals surface area contributed by atoms with Crippen LogP contribution in [0.15, 0.2) is 38.2 Å². The second-order valence-electron chi connectivity index (χ2n) is 7.24. The van der Waals surface area contributed by atoms with Crippen LogP contribution in [-0.4, -0.2) is 44.2 Å². The van der Waals surface area contributed by atoms with Crippen molar-refractivity contribution in [1.82, 2.24) is 25.2 Å². The Morgan fingerprint density at radius 2 is 2.00 bits per heavy atom. The fourth-order valence-corrected chi connectivity index (χ4v) is 3.23. The van der Waals surface area contributed by atoms with Gasteiger partial charge in [-0.3, -0.25) is 9.59 Å². The molecule has 3 aromatic heterocycles. The molecule has 28 heavy (non-hydrogen) atoms. The van der Waals surface area contributed by atoms with Crippen LogP contribution < -0.4 is 5.56 Å². The lowest BCUT2D eigenvalue weighted by molar-refractivity contribution is 0.0700. The molecule has 1 N–H and O–H groups in total. The number of carbonyl (C=O) groups excluding carboxylic acids is 1. The molecule has 0 atom stereocenters. The highest BCUT2D eigenvalue weighted by Gasteiger charge is 2.29. The van der Waals surface area contributed by atoms with Gasteiger partial charge in [0, 0.05) is 43.3 Å². The molecular formula is C19H21N5O4. The molecule has 0 aliphatic carbocycles. The van der Waals surface area contributed by atoms with Gasteiger partial charge in [-0.25, -0.2) is 0 Å². The summed E-state index contributed by atoms with van der Waals surface area (Å²) in [6.45, 7) is 5.17. The maximum Gasteiger partial charge on any atom is 0.276 e. The lowest BCUT2D eigenvalue weighted by atomic mass is 9.96. The van der Waals surface area contributed by atoms with Gasteiger partial charge in [0.15, 0.2) is 11.5 Å². The van der Waals surface area contributed by atoms with Crippen molar-refractivity contribution in [3.63, 3.8) is 0 Å². The molecule has 1 fully saturated rings. The highest BCUT2D eigenvalue weighted by molar-refractivity contribution is 5.92. The van der Waals surface area contributed by atoms with Crippen molar-refractivity contribution in [2.75, 3.05) is 13.1 Å². The number of hydrogen-bond donors (Lipinski definition) is 1. The van der Waals surface area contributed by atoms with E-state index in [0.717, 1.165) is 12.8 Å². The number of piperidine rings is 1. The van der Waals surface area contributed by atoms with Crippen LogP contribution in [0.4, 0.5) is 0 Å². The van der Waals surface area contributed by atoms with E-state index in [-0.39, 0.29) is 23.3 Å². The van der Waals surface area contributed by atoms with Gasteiger partial charge in [-0.05, 0) is 18.9 Å². The Morgan fingerprint density at radius 3 is 2.64 bits per heavy atom. The third kappa shape index (κ3) is 3.60. The summed E-state index contributed by atoms with van der Waals surface area (Å²) in [5.74, 6) is 1.89. The molecule has 0 bridgehead atoms. The van der Waals surface area contributed by atoms with Crippen LogP contribution in [0.2, 0.25) is 0 Å². The largest absolute Gasteiger partial charge is 0.360 e. The number of pyridine rings is 1. The number of hydrogen-bond acceptors (Lipinski definition) is 7. The molecule has 9 nitrogen and oxygen atoms in total. The van der Waals surface area contributed by atoms with Crippen molar-refractivity contribution in [2.45, 2.75) is 38.5 Å². The fourth-order valence-electron chi connectivity index (χ4n) is 3.23. The van der Waals surface area contributed by atoms with E-state index in [2.05, 4.69) is 20.3 Å². The van der Waals surface area contributed by atoms with Gasteiger partial charge in [0.05, 0.1) is 5.56 Å². The number of nitrogens with one attached hydrogen (secondary N) is 1. The van der Waals surface area contributed by atoms with Crippen LogP contribution in [0, 0.1) is 0 Å². The summed E-state index contributed by atoms with van der Waals surface area (Å²) in [6.07, 6.45) is 3.03. The first-order valence-electron chi connectivity index (χ1n) is 9.30. The average molecular weight is 383 g/mol. The summed E-state index contributed by atoms with van der Waals surface area (Å²) in [5.41, 5.74) is 0.827. The number of amides is 1. The predicted molar refractivity (Wildman–Crippen MR) is 98.8 cm³/mol. The van der Waals surface area contributed by atoms with E-state index >= 15 is 0 Å². The maximum absolute atomic E-state index is 12.6. The van der Waals surface area contributed by atoms with Gasteiger partial charge in [-0.2, -0.15) is 4.98 Å². The monoisotopic (exact) mass is 383 g/mol. The molecule has 1 saturated heterocycles. The van der Waals surface area contributed by atoms with Gasteiger partial charge >= 0.3 is 0 Å². The third-order valence-electron chi connectivity index (χ3n) is 4.94. The minimum Gasteiger partial charge on any atom is -0.360 e. The van der Waals surface area contributed by atoms with E-state index in [4.69, 9.17) is 9.05 Å². The molecule has 1 aliphatic rings. The quantitative estimate of drug-likeness (QED) is 0.735. The highest BCUT2D eigenvalue weighted by Crippen LogP contribution is 2.28. The average Bonchev–Trinajstić information content (AvgIpc) is 3.38. The Morgan fingerprint density at radius 1 is 1.21 bits per heavy atom. The lowest BCUT2D eigenvalue weighted by Crippen LogP contribution is -2.38. The molecule has 0 saturated carbocycles. The Hall–Kier alpha value is -3.23. The number of H-pyrrole nitrogens is 1. The molecule has 4 heterocycles. The SMILES string of the molecule is CC(C)c1cc(C(=O)N2CCC(c3noc(-c4ccc(=O)[nH]c4)n3)CC2)no1. The summed E-state index contributed by atoms with van der Waals surface area (Å²) in [6, 6.07) is 4.77. The van der Waals surface area contributed by atoms with E-state index in [1.807, 2.05) is 13.8 Å². The lowest BCUT2D eigenvalue weighted by Gasteiger charge is -2.29. The predicted octanol–water partition coefficient (Wildman–Crippen LogP) is 2.56. The van der Waals surface area contributed by atoms with Crippen molar-refractivity contribution >= 4 is 5.91 Å².